The van der Waals surface area contributed by atoms with Crippen LogP contribution in [0.15, 0.2) is 12.2 Å². The molecule has 2 nitrogen and oxygen atoms in total. The fourth-order valence-corrected chi connectivity index (χ4v) is 1.74. The highest BCUT2D eigenvalue weighted by Gasteiger charge is 2.25. The lowest BCUT2D eigenvalue weighted by atomic mass is 10.1. The maximum Gasteiger partial charge on any atom is 0.161 e. The van der Waals surface area contributed by atoms with Crippen LogP contribution in [0.4, 0.5) is 0 Å². The topological polar surface area (TPSA) is 18.5 Å². The highest BCUT2D eigenvalue weighted by Crippen LogP contribution is 2.22. The standard InChI is InChI=1S/C12H22O2/c1-4-6-7-8-12-13-10(3)9-11(5-2)14-12/h6-7,10-12H,4-5,8-9H2,1-3H3/b7-6+. The SMILES string of the molecule is CC/C=C/CC1OC(C)CC(CC)O1. The van der Waals surface area contributed by atoms with Crippen LogP contribution < -0.4 is 0 Å². The van der Waals surface area contributed by atoms with Gasteiger partial charge in [-0.1, -0.05) is 26.0 Å². The minimum atomic E-state index is -0.0218. The van der Waals surface area contributed by atoms with Crippen molar-refractivity contribution in [2.45, 2.75) is 65.0 Å². The number of ether oxygens (including phenoxy) is 2. The molecule has 82 valence electrons. The molecule has 1 heterocycles. The minimum absolute atomic E-state index is 0.0218. The second kappa shape index (κ2) is 6.20. The Bertz CT molecular complexity index is 177. The maximum absolute atomic E-state index is 5.78. The molecule has 2 heteroatoms. The van der Waals surface area contributed by atoms with Crippen LogP contribution in [0.25, 0.3) is 0 Å². The Morgan fingerprint density at radius 1 is 1.21 bits per heavy atom. The summed E-state index contributed by atoms with van der Waals surface area (Å²) in [4.78, 5) is 0. The molecular formula is C12H22O2. The molecule has 0 aromatic carbocycles. The quantitative estimate of drug-likeness (QED) is 0.645. The highest BCUT2D eigenvalue weighted by atomic mass is 16.7. The molecule has 0 radical (unpaired) electrons. The van der Waals surface area contributed by atoms with Crippen molar-refractivity contribution < 1.29 is 9.47 Å². The molecule has 0 aromatic rings. The van der Waals surface area contributed by atoms with E-state index in [1.807, 2.05) is 0 Å². The summed E-state index contributed by atoms with van der Waals surface area (Å²) in [5, 5.41) is 0. The summed E-state index contributed by atoms with van der Waals surface area (Å²) in [5.74, 6) is 0. The van der Waals surface area contributed by atoms with Gasteiger partial charge >= 0.3 is 0 Å². The molecule has 1 saturated heterocycles. The van der Waals surface area contributed by atoms with Crippen LogP contribution >= 0.6 is 0 Å². The molecule has 0 saturated carbocycles. The van der Waals surface area contributed by atoms with Gasteiger partial charge in [0.05, 0.1) is 12.2 Å². The van der Waals surface area contributed by atoms with Gasteiger partial charge in [-0.05, 0) is 26.2 Å². The normalized spacial score (nSPS) is 33.8. The Kier molecular flexibility index (Phi) is 5.20. The summed E-state index contributed by atoms with van der Waals surface area (Å²) >= 11 is 0. The predicted molar refractivity (Wildman–Crippen MR) is 58.2 cm³/mol. The Morgan fingerprint density at radius 2 is 2.00 bits per heavy atom. The maximum atomic E-state index is 5.78. The first-order chi connectivity index (χ1) is 6.76. The molecule has 3 unspecified atom stereocenters. The van der Waals surface area contributed by atoms with E-state index >= 15 is 0 Å². The van der Waals surface area contributed by atoms with Crippen molar-refractivity contribution in [1.82, 2.24) is 0 Å². The molecule has 0 spiro atoms. The summed E-state index contributed by atoms with van der Waals surface area (Å²) in [7, 11) is 0. The van der Waals surface area contributed by atoms with Crippen molar-refractivity contribution in [2.24, 2.45) is 0 Å². The molecule has 1 rings (SSSR count). The Labute approximate surface area is 87.3 Å². The Morgan fingerprint density at radius 3 is 2.64 bits per heavy atom. The fourth-order valence-electron chi connectivity index (χ4n) is 1.74. The lowest BCUT2D eigenvalue weighted by Gasteiger charge is -2.33. The predicted octanol–water partition coefficient (Wildman–Crippen LogP) is 3.27. The second-order valence-corrected chi connectivity index (χ2v) is 3.89. The first-order valence-corrected chi connectivity index (χ1v) is 5.72. The van der Waals surface area contributed by atoms with Gasteiger partial charge in [-0.2, -0.15) is 0 Å². The van der Waals surface area contributed by atoms with Gasteiger partial charge < -0.3 is 9.47 Å². The van der Waals surface area contributed by atoms with E-state index in [-0.39, 0.29) is 6.29 Å². The van der Waals surface area contributed by atoms with Gasteiger partial charge in [0.25, 0.3) is 0 Å². The zero-order chi connectivity index (χ0) is 10.4. The van der Waals surface area contributed by atoms with Crippen LogP contribution in [0.3, 0.4) is 0 Å². The van der Waals surface area contributed by atoms with E-state index in [1.165, 1.54) is 0 Å². The molecule has 0 aromatic heterocycles. The fraction of sp³-hybridized carbons (Fsp3) is 0.833. The molecule has 0 bridgehead atoms. The van der Waals surface area contributed by atoms with E-state index in [1.54, 1.807) is 0 Å². The summed E-state index contributed by atoms with van der Waals surface area (Å²) in [6, 6.07) is 0. The van der Waals surface area contributed by atoms with E-state index in [2.05, 4.69) is 32.9 Å². The Hall–Kier alpha value is -0.340. The van der Waals surface area contributed by atoms with Crippen LogP contribution in [0.1, 0.15) is 46.5 Å². The molecule has 0 N–H and O–H groups in total. The first-order valence-electron chi connectivity index (χ1n) is 5.72. The third-order valence-corrected chi connectivity index (χ3v) is 2.51. The highest BCUT2D eigenvalue weighted by molar-refractivity contribution is 4.83. The number of hydrogen-bond donors (Lipinski definition) is 0. The van der Waals surface area contributed by atoms with E-state index in [9.17, 15) is 0 Å². The molecule has 3 atom stereocenters. The smallest absolute Gasteiger partial charge is 0.161 e. The third-order valence-electron chi connectivity index (χ3n) is 2.51. The van der Waals surface area contributed by atoms with Crippen molar-refractivity contribution in [3.05, 3.63) is 12.2 Å². The monoisotopic (exact) mass is 198 g/mol. The van der Waals surface area contributed by atoms with E-state index < -0.39 is 0 Å². The molecule has 1 aliphatic heterocycles. The van der Waals surface area contributed by atoms with Gasteiger partial charge in [-0.15, -0.1) is 0 Å². The number of rotatable bonds is 4. The first kappa shape index (κ1) is 11.7. The van der Waals surface area contributed by atoms with E-state index in [0.29, 0.717) is 12.2 Å². The van der Waals surface area contributed by atoms with Crippen LogP contribution in [0.2, 0.25) is 0 Å². The van der Waals surface area contributed by atoms with Crippen LogP contribution in [0, 0.1) is 0 Å². The largest absolute Gasteiger partial charge is 0.349 e. The van der Waals surface area contributed by atoms with Gasteiger partial charge in [0.15, 0.2) is 6.29 Å². The van der Waals surface area contributed by atoms with Gasteiger partial charge in [-0.3, -0.25) is 0 Å². The van der Waals surface area contributed by atoms with E-state index in [4.69, 9.17) is 9.47 Å². The summed E-state index contributed by atoms with van der Waals surface area (Å²) < 4.78 is 11.5. The van der Waals surface area contributed by atoms with Crippen molar-refractivity contribution in [3.63, 3.8) is 0 Å². The van der Waals surface area contributed by atoms with Gasteiger partial charge in [0, 0.05) is 6.42 Å². The zero-order valence-corrected chi connectivity index (χ0v) is 9.53. The summed E-state index contributed by atoms with van der Waals surface area (Å²) in [6.45, 7) is 6.43. The molecule has 0 aliphatic carbocycles. The summed E-state index contributed by atoms with van der Waals surface area (Å²) in [5.41, 5.74) is 0. The lowest BCUT2D eigenvalue weighted by Crippen LogP contribution is -2.36. The van der Waals surface area contributed by atoms with Gasteiger partial charge in [0.2, 0.25) is 0 Å². The lowest BCUT2D eigenvalue weighted by molar-refractivity contribution is -0.236. The van der Waals surface area contributed by atoms with Crippen molar-refractivity contribution >= 4 is 0 Å². The van der Waals surface area contributed by atoms with E-state index in [0.717, 1.165) is 25.7 Å². The van der Waals surface area contributed by atoms with Crippen LogP contribution in [0.5, 0.6) is 0 Å². The van der Waals surface area contributed by atoms with Crippen LogP contribution in [-0.4, -0.2) is 18.5 Å². The van der Waals surface area contributed by atoms with Crippen molar-refractivity contribution in [2.75, 3.05) is 0 Å². The zero-order valence-electron chi connectivity index (χ0n) is 9.53. The average Bonchev–Trinajstić information content (AvgIpc) is 2.17. The van der Waals surface area contributed by atoms with Gasteiger partial charge in [-0.25, -0.2) is 0 Å². The average molecular weight is 198 g/mol. The molecule has 0 amide bonds. The Balaban J connectivity index is 2.33. The molecule has 1 aliphatic rings. The van der Waals surface area contributed by atoms with Crippen LogP contribution in [-0.2, 0) is 9.47 Å². The number of hydrogen-bond acceptors (Lipinski definition) is 2. The molecular weight excluding hydrogens is 176 g/mol. The van der Waals surface area contributed by atoms with Crippen molar-refractivity contribution in [3.8, 4) is 0 Å². The molecule has 14 heavy (non-hydrogen) atoms. The second-order valence-electron chi connectivity index (χ2n) is 3.89. The van der Waals surface area contributed by atoms with Crippen molar-refractivity contribution in [1.29, 1.82) is 0 Å². The number of allylic oxidation sites excluding steroid dienone is 1. The molecule has 1 fully saturated rings. The van der Waals surface area contributed by atoms with Gasteiger partial charge in [0.1, 0.15) is 0 Å². The minimum Gasteiger partial charge on any atom is -0.349 e. The third kappa shape index (κ3) is 3.81. The summed E-state index contributed by atoms with van der Waals surface area (Å²) in [6.07, 6.45) is 9.10.